The molecule has 5 nitrogen and oxygen atoms in total. The Morgan fingerprint density at radius 1 is 1.06 bits per heavy atom. The second kappa shape index (κ2) is 8.39. The van der Waals surface area contributed by atoms with Crippen LogP contribution in [0.2, 0.25) is 0 Å². The summed E-state index contributed by atoms with van der Waals surface area (Å²) in [5, 5.41) is 20.3. The van der Waals surface area contributed by atoms with Crippen molar-refractivity contribution < 1.29 is 19.0 Å². The number of aromatic amines is 1. The first-order chi connectivity index (χ1) is 16.0. The first-order valence-corrected chi connectivity index (χ1v) is 11.3. The van der Waals surface area contributed by atoms with Crippen LogP contribution in [-0.2, 0) is 12.0 Å². The summed E-state index contributed by atoms with van der Waals surface area (Å²) < 4.78 is 29.1. The van der Waals surface area contributed by atoms with Gasteiger partial charge in [-0.05, 0) is 66.0 Å². The highest BCUT2D eigenvalue weighted by Crippen LogP contribution is 2.48. The maximum absolute atomic E-state index is 15.1. The van der Waals surface area contributed by atoms with Crippen molar-refractivity contribution in [1.29, 1.82) is 0 Å². The van der Waals surface area contributed by atoms with Crippen molar-refractivity contribution in [2.24, 2.45) is 0 Å². The summed E-state index contributed by atoms with van der Waals surface area (Å²) >= 11 is 0. The molecule has 0 amide bonds. The lowest BCUT2D eigenvalue weighted by atomic mass is 9.65. The predicted octanol–water partition coefficient (Wildman–Crippen LogP) is 4.01. The van der Waals surface area contributed by atoms with Crippen LogP contribution in [0.5, 0.6) is 0 Å². The molecule has 0 atom stereocenters. The van der Waals surface area contributed by atoms with E-state index >= 15 is 4.39 Å². The summed E-state index contributed by atoms with van der Waals surface area (Å²) in [5.74, 6) is -0.470. The monoisotopic (exact) mass is 452 g/mol. The van der Waals surface area contributed by atoms with Gasteiger partial charge in [0.05, 0.1) is 6.61 Å². The Morgan fingerprint density at radius 3 is 2.58 bits per heavy atom. The number of nitrogens with one attached hydrogen (secondary N) is 1. The molecule has 1 aromatic heterocycles. The Balaban J connectivity index is 1.48. The normalized spacial score (nSPS) is 17.3. The maximum atomic E-state index is 15.1. The Labute approximate surface area is 190 Å². The van der Waals surface area contributed by atoms with E-state index in [1.807, 2.05) is 12.1 Å². The molecular formula is C26H26F2N2O3. The summed E-state index contributed by atoms with van der Waals surface area (Å²) in [6.07, 6.45) is 4.30. The Kier molecular flexibility index (Phi) is 5.54. The molecule has 33 heavy (non-hydrogen) atoms. The minimum atomic E-state index is -0.613. The van der Waals surface area contributed by atoms with E-state index in [2.05, 4.69) is 9.88 Å². The van der Waals surface area contributed by atoms with Crippen molar-refractivity contribution in [2.75, 3.05) is 24.6 Å². The van der Waals surface area contributed by atoms with E-state index in [-0.39, 0.29) is 18.8 Å². The quantitative estimate of drug-likeness (QED) is 0.559. The molecule has 1 aliphatic carbocycles. The predicted molar refractivity (Wildman–Crippen MR) is 124 cm³/mol. The lowest BCUT2D eigenvalue weighted by Gasteiger charge is -2.45. The van der Waals surface area contributed by atoms with E-state index in [4.69, 9.17) is 0 Å². The Bertz CT molecular complexity index is 1310. The van der Waals surface area contributed by atoms with E-state index in [9.17, 15) is 19.4 Å². The van der Waals surface area contributed by atoms with Crippen LogP contribution in [0.4, 0.5) is 14.6 Å². The second-order valence-corrected chi connectivity index (χ2v) is 9.00. The summed E-state index contributed by atoms with van der Waals surface area (Å²) in [6, 6.07) is 9.51. The molecule has 2 aromatic carbocycles. The van der Waals surface area contributed by atoms with E-state index in [1.54, 1.807) is 18.2 Å². The van der Waals surface area contributed by atoms with E-state index in [0.29, 0.717) is 66.7 Å². The fourth-order valence-electron chi connectivity index (χ4n) is 5.53. The number of H-pyrrole nitrogens is 1. The minimum absolute atomic E-state index is 0.0741. The minimum Gasteiger partial charge on any atom is -0.396 e. The number of allylic oxidation sites excluding steroid dienone is 1. The molecule has 7 heteroatoms. The summed E-state index contributed by atoms with van der Waals surface area (Å²) in [4.78, 5) is 17.7. The Morgan fingerprint density at radius 2 is 1.85 bits per heavy atom. The van der Waals surface area contributed by atoms with Crippen LogP contribution in [0.25, 0.3) is 16.3 Å². The molecule has 1 fully saturated rings. The molecule has 0 radical (unpaired) electrons. The van der Waals surface area contributed by atoms with Crippen molar-refractivity contribution in [1.82, 2.24) is 4.98 Å². The fraction of sp³-hybridized carbons (Fsp3) is 0.346. The van der Waals surface area contributed by atoms with Gasteiger partial charge in [-0.3, -0.25) is 4.79 Å². The van der Waals surface area contributed by atoms with Crippen molar-refractivity contribution in [3.05, 3.63) is 81.2 Å². The van der Waals surface area contributed by atoms with Gasteiger partial charge in [0.1, 0.15) is 17.5 Å². The standard InChI is InChI=1S/C26H26F2N2O3/c27-18-12-21-16(5-11-31)4-6-26(24(21)22(28)13-18)7-9-30(10-8-26)23-14-20-17(15-32)2-1-3-19(20)25(33)29-23/h1-4,12-14,31-32H,5-11,15H2,(H,29,33). The van der Waals surface area contributed by atoms with Crippen LogP contribution in [0.1, 0.15) is 42.4 Å². The summed E-state index contributed by atoms with van der Waals surface area (Å²) in [7, 11) is 0. The SMILES string of the molecule is O=c1[nH]c(N2CCC3(CC=C(CCO)c4cc(F)cc(F)c43)CC2)cc2c(CO)cccc12. The highest BCUT2D eigenvalue weighted by Gasteiger charge is 2.42. The molecule has 2 aliphatic rings. The lowest BCUT2D eigenvalue weighted by Crippen LogP contribution is -2.45. The zero-order chi connectivity index (χ0) is 23.2. The largest absolute Gasteiger partial charge is 0.396 e. The van der Waals surface area contributed by atoms with E-state index in [1.165, 1.54) is 6.07 Å². The molecule has 1 aliphatic heterocycles. The smallest absolute Gasteiger partial charge is 0.257 e. The Hall–Kier alpha value is -3.03. The van der Waals surface area contributed by atoms with Gasteiger partial charge in [-0.2, -0.15) is 0 Å². The molecule has 3 aromatic rings. The van der Waals surface area contributed by atoms with E-state index < -0.39 is 17.0 Å². The number of benzene rings is 2. The maximum Gasteiger partial charge on any atom is 0.257 e. The van der Waals surface area contributed by atoms with Crippen molar-refractivity contribution >= 4 is 22.2 Å². The van der Waals surface area contributed by atoms with Crippen LogP contribution in [0, 0.1) is 11.6 Å². The molecule has 0 bridgehead atoms. The first-order valence-electron chi connectivity index (χ1n) is 11.3. The van der Waals surface area contributed by atoms with Crippen LogP contribution in [0.15, 0.2) is 47.3 Å². The average Bonchev–Trinajstić information content (AvgIpc) is 2.81. The van der Waals surface area contributed by atoms with Gasteiger partial charge in [-0.1, -0.05) is 18.2 Å². The average molecular weight is 453 g/mol. The molecule has 0 saturated carbocycles. The topological polar surface area (TPSA) is 76.6 Å². The van der Waals surface area contributed by atoms with Gasteiger partial charge in [0.25, 0.3) is 5.56 Å². The number of piperidine rings is 1. The molecule has 5 rings (SSSR count). The van der Waals surface area contributed by atoms with Crippen LogP contribution >= 0.6 is 0 Å². The van der Waals surface area contributed by atoms with Gasteiger partial charge in [-0.25, -0.2) is 8.78 Å². The van der Waals surface area contributed by atoms with Crippen LogP contribution in [-0.4, -0.2) is 34.9 Å². The zero-order valence-corrected chi connectivity index (χ0v) is 18.2. The molecule has 1 spiro atoms. The number of hydrogen-bond acceptors (Lipinski definition) is 4. The number of aliphatic hydroxyl groups is 2. The highest BCUT2D eigenvalue weighted by molar-refractivity contribution is 5.87. The van der Waals surface area contributed by atoms with Gasteiger partial charge in [0.15, 0.2) is 0 Å². The number of halogens is 2. The molecule has 2 heterocycles. The number of hydrogen-bond donors (Lipinski definition) is 3. The molecule has 0 unspecified atom stereocenters. The molecule has 3 N–H and O–H groups in total. The highest BCUT2D eigenvalue weighted by atomic mass is 19.1. The van der Waals surface area contributed by atoms with Crippen LogP contribution in [0.3, 0.4) is 0 Å². The molecular weight excluding hydrogens is 426 g/mol. The molecule has 1 saturated heterocycles. The van der Waals surface area contributed by atoms with Crippen molar-refractivity contribution in [2.45, 2.75) is 37.7 Å². The number of nitrogens with zero attached hydrogens (tertiary/aromatic N) is 1. The van der Waals surface area contributed by atoms with Gasteiger partial charge in [0, 0.05) is 42.1 Å². The lowest BCUT2D eigenvalue weighted by molar-refractivity contribution is 0.283. The van der Waals surface area contributed by atoms with Crippen molar-refractivity contribution in [3.8, 4) is 0 Å². The van der Waals surface area contributed by atoms with Gasteiger partial charge in [0.2, 0.25) is 0 Å². The summed E-state index contributed by atoms with van der Waals surface area (Å²) in [5.41, 5.74) is 1.93. The number of rotatable bonds is 4. The third-order valence-electron chi connectivity index (χ3n) is 7.25. The molecule has 172 valence electrons. The number of anilines is 1. The number of aromatic nitrogens is 1. The second-order valence-electron chi connectivity index (χ2n) is 9.00. The van der Waals surface area contributed by atoms with Gasteiger partial charge in [-0.15, -0.1) is 0 Å². The first kappa shape index (κ1) is 21.8. The number of aliphatic hydroxyl groups excluding tert-OH is 2. The van der Waals surface area contributed by atoms with Gasteiger partial charge >= 0.3 is 0 Å². The third-order valence-corrected chi connectivity index (χ3v) is 7.25. The van der Waals surface area contributed by atoms with Crippen molar-refractivity contribution in [3.63, 3.8) is 0 Å². The van der Waals surface area contributed by atoms with Crippen LogP contribution < -0.4 is 10.5 Å². The summed E-state index contributed by atoms with van der Waals surface area (Å²) in [6.45, 7) is 0.970. The number of pyridine rings is 1. The fourth-order valence-corrected chi connectivity index (χ4v) is 5.53. The number of fused-ring (bicyclic) bond motifs is 3. The van der Waals surface area contributed by atoms with Gasteiger partial charge < -0.3 is 20.1 Å². The van der Waals surface area contributed by atoms with E-state index in [0.717, 1.165) is 17.0 Å². The third kappa shape index (κ3) is 3.65. The zero-order valence-electron chi connectivity index (χ0n) is 18.2.